The van der Waals surface area contributed by atoms with Gasteiger partial charge in [0.1, 0.15) is 30.6 Å². The monoisotopic (exact) mass is 436 g/mol. The fraction of sp³-hybridized carbons (Fsp3) is 0.250. The molecule has 1 aliphatic rings. The molecular weight excluding hydrogens is 419 g/mol. The summed E-state index contributed by atoms with van der Waals surface area (Å²) in [6.45, 7) is 6.13. The van der Waals surface area contributed by atoms with Gasteiger partial charge in [0.2, 0.25) is 5.88 Å². The predicted octanol–water partition coefficient (Wildman–Crippen LogP) is 3.74. The van der Waals surface area contributed by atoms with Gasteiger partial charge in [-0.1, -0.05) is 35.8 Å². The lowest BCUT2D eigenvalue weighted by Gasteiger charge is -2.27. The van der Waals surface area contributed by atoms with Crippen LogP contribution in [0.5, 0.6) is 0 Å². The smallest absolute Gasteiger partial charge is 0.338 e. The topological polar surface area (TPSA) is 112 Å². The number of carbonyl (C=O) groups excluding carboxylic acids is 2. The van der Waals surface area contributed by atoms with Crippen molar-refractivity contribution in [3.8, 4) is 6.07 Å². The van der Waals surface area contributed by atoms with E-state index in [2.05, 4.69) is 6.58 Å². The molecule has 0 unspecified atom stereocenters. The van der Waals surface area contributed by atoms with Crippen molar-refractivity contribution in [2.75, 3.05) is 13.2 Å². The van der Waals surface area contributed by atoms with Crippen LogP contribution in [0.25, 0.3) is 0 Å². The lowest BCUT2D eigenvalue weighted by Crippen LogP contribution is -2.26. The van der Waals surface area contributed by atoms with Gasteiger partial charge in [-0.25, -0.2) is 9.59 Å². The maximum absolute atomic E-state index is 12.8. The quantitative estimate of drug-likeness (QED) is 0.410. The summed E-state index contributed by atoms with van der Waals surface area (Å²) in [5.74, 6) is -2.21. The van der Waals surface area contributed by atoms with Crippen LogP contribution in [0.15, 0.2) is 53.1 Å². The van der Waals surface area contributed by atoms with Crippen molar-refractivity contribution in [3.63, 3.8) is 0 Å². The largest absolute Gasteiger partial charge is 0.459 e. The number of nitrogens with two attached hydrogens (primary N) is 1. The predicted molar refractivity (Wildman–Crippen MR) is 107 cm³/mol. The van der Waals surface area contributed by atoms with Crippen LogP contribution >= 0.6 is 23.2 Å². The Hall–Kier alpha value is -2.95. The first kappa shape index (κ1) is 22.3. The van der Waals surface area contributed by atoms with Crippen LogP contribution in [0.1, 0.15) is 25.3 Å². The van der Waals surface area contributed by atoms with E-state index >= 15 is 0 Å². The molecule has 0 amide bonds. The third-order valence-corrected chi connectivity index (χ3v) is 4.56. The Morgan fingerprint density at radius 1 is 1.31 bits per heavy atom. The summed E-state index contributed by atoms with van der Waals surface area (Å²) in [4.78, 5) is 24.1. The Morgan fingerprint density at radius 2 is 1.97 bits per heavy atom. The van der Waals surface area contributed by atoms with E-state index < -0.39 is 17.9 Å². The van der Waals surface area contributed by atoms with E-state index in [9.17, 15) is 14.9 Å². The SMILES string of the molecule is C=C(C)C(=O)OCCOC(=O)C1=C(C)OC(N)=C(C#N)[C@H]1c1ccc(Cl)cc1Cl. The molecule has 2 rings (SSSR count). The second-order valence-electron chi connectivity index (χ2n) is 6.11. The normalized spacial score (nSPS) is 16.0. The summed E-state index contributed by atoms with van der Waals surface area (Å²) in [6, 6.07) is 6.64. The average Bonchev–Trinajstić information content (AvgIpc) is 2.64. The minimum absolute atomic E-state index is 0.0143. The number of ether oxygens (including phenoxy) is 3. The number of hydrogen-bond acceptors (Lipinski definition) is 7. The van der Waals surface area contributed by atoms with Gasteiger partial charge in [-0.15, -0.1) is 0 Å². The summed E-state index contributed by atoms with van der Waals surface area (Å²) >= 11 is 12.3. The molecule has 1 atom stereocenters. The van der Waals surface area contributed by atoms with Crippen molar-refractivity contribution >= 4 is 35.1 Å². The van der Waals surface area contributed by atoms with E-state index in [1.165, 1.54) is 19.9 Å². The van der Waals surface area contributed by atoms with Gasteiger partial charge < -0.3 is 19.9 Å². The van der Waals surface area contributed by atoms with Gasteiger partial charge in [0.15, 0.2) is 0 Å². The zero-order valence-corrected chi connectivity index (χ0v) is 17.3. The highest BCUT2D eigenvalue weighted by atomic mass is 35.5. The number of nitriles is 1. The molecule has 9 heteroatoms. The molecule has 0 fully saturated rings. The van der Waals surface area contributed by atoms with Crippen LogP contribution in [0.4, 0.5) is 0 Å². The maximum atomic E-state index is 12.8. The van der Waals surface area contributed by atoms with Crippen LogP contribution in [0, 0.1) is 11.3 Å². The molecular formula is C20H18Cl2N2O5. The number of halogens is 2. The molecule has 0 spiro atoms. The number of carbonyl (C=O) groups is 2. The van der Waals surface area contributed by atoms with Crippen molar-refractivity contribution in [1.82, 2.24) is 0 Å². The fourth-order valence-corrected chi connectivity index (χ4v) is 3.18. The van der Waals surface area contributed by atoms with E-state index in [1.807, 2.05) is 6.07 Å². The van der Waals surface area contributed by atoms with E-state index in [1.54, 1.807) is 12.1 Å². The lowest BCUT2D eigenvalue weighted by atomic mass is 9.83. The Morgan fingerprint density at radius 3 is 2.55 bits per heavy atom. The number of rotatable bonds is 6. The van der Waals surface area contributed by atoms with Crippen LogP contribution in [-0.2, 0) is 23.8 Å². The van der Waals surface area contributed by atoms with E-state index in [-0.39, 0.29) is 46.6 Å². The van der Waals surface area contributed by atoms with Gasteiger partial charge in [0, 0.05) is 15.6 Å². The van der Waals surface area contributed by atoms with Crippen molar-refractivity contribution < 1.29 is 23.8 Å². The van der Waals surface area contributed by atoms with Crippen molar-refractivity contribution in [2.24, 2.45) is 5.73 Å². The molecule has 1 aliphatic heterocycles. The van der Waals surface area contributed by atoms with Crippen LogP contribution in [0.2, 0.25) is 10.0 Å². The minimum atomic E-state index is -0.899. The van der Waals surface area contributed by atoms with Crippen molar-refractivity contribution in [1.29, 1.82) is 5.26 Å². The first-order valence-electron chi connectivity index (χ1n) is 8.40. The molecule has 1 heterocycles. The Balaban J connectivity index is 2.31. The summed E-state index contributed by atoms with van der Waals surface area (Å²) < 4.78 is 15.5. The third-order valence-electron chi connectivity index (χ3n) is 4.00. The fourth-order valence-electron chi connectivity index (χ4n) is 2.66. The van der Waals surface area contributed by atoms with Crippen molar-refractivity contribution in [3.05, 3.63) is 68.7 Å². The van der Waals surface area contributed by atoms with E-state index in [0.29, 0.717) is 10.6 Å². The zero-order chi connectivity index (χ0) is 21.7. The molecule has 0 aliphatic carbocycles. The van der Waals surface area contributed by atoms with E-state index in [0.717, 1.165) is 0 Å². The highest BCUT2D eigenvalue weighted by molar-refractivity contribution is 6.35. The number of benzene rings is 1. The summed E-state index contributed by atoms with van der Waals surface area (Å²) in [5, 5.41) is 10.2. The summed E-state index contributed by atoms with van der Waals surface area (Å²) in [5.41, 5.74) is 6.60. The Labute approximate surface area is 177 Å². The number of esters is 2. The number of nitrogens with zero attached hydrogens (tertiary/aromatic N) is 1. The van der Waals surface area contributed by atoms with Crippen LogP contribution in [0.3, 0.4) is 0 Å². The molecule has 2 N–H and O–H groups in total. The Kier molecular flexibility index (Phi) is 7.32. The minimum Gasteiger partial charge on any atom is -0.459 e. The molecule has 0 saturated heterocycles. The van der Waals surface area contributed by atoms with Crippen molar-refractivity contribution in [2.45, 2.75) is 19.8 Å². The summed E-state index contributed by atoms with van der Waals surface area (Å²) in [7, 11) is 0. The molecule has 0 radical (unpaired) electrons. The molecule has 0 saturated carbocycles. The molecule has 1 aromatic carbocycles. The second kappa shape index (κ2) is 9.50. The van der Waals surface area contributed by atoms with Gasteiger partial charge in [-0.3, -0.25) is 0 Å². The molecule has 0 aromatic heterocycles. The van der Waals surface area contributed by atoms with Gasteiger partial charge in [0.25, 0.3) is 0 Å². The third kappa shape index (κ3) is 5.11. The maximum Gasteiger partial charge on any atom is 0.338 e. The summed E-state index contributed by atoms with van der Waals surface area (Å²) in [6.07, 6.45) is 0. The zero-order valence-electron chi connectivity index (χ0n) is 15.8. The molecule has 29 heavy (non-hydrogen) atoms. The first-order chi connectivity index (χ1) is 13.7. The standard InChI is InChI=1S/C20H18Cl2N2O5/c1-10(2)19(25)27-6-7-28-20(26)16-11(3)29-18(24)14(9-23)17(16)13-5-4-12(21)8-15(13)22/h4-5,8,17H,1,6-7,24H2,2-3H3/t17-/m1/s1. The highest BCUT2D eigenvalue weighted by Crippen LogP contribution is 2.42. The van der Waals surface area contributed by atoms with E-state index in [4.69, 9.17) is 43.1 Å². The number of allylic oxidation sites excluding steroid dienone is 2. The average molecular weight is 437 g/mol. The molecule has 152 valence electrons. The van der Waals surface area contributed by atoms with Gasteiger partial charge in [0.05, 0.1) is 11.5 Å². The second-order valence-corrected chi connectivity index (χ2v) is 6.96. The lowest BCUT2D eigenvalue weighted by molar-refractivity contribution is -0.147. The molecule has 1 aromatic rings. The molecule has 0 bridgehead atoms. The molecule has 7 nitrogen and oxygen atoms in total. The Bertz CT molecular complexity index is 976. The van der Waals surface area contributed by atoms with Crippen LogP contribution < -0.4 is 5.73 Å². The van der Waals surface area contributed by atoms with Crippen LogP contribution in [-0.4, -0.2) is 25.2 Å². The number of hydrogen-bond donors (Lipinski definition) is 1. The highest BCUT2D eigenvalue weighted by Gasteiger charge is 2.37. The van der Waals surface area contributed by atoms with Gasteiger partial charge in [-0.2, -0.15) is 5.26 Å². The van der Waals surface area contributed by atoms with Gasteiger partial charge in [-0.05, 0) is 31.5 Å². The van der Waals surface area contributed by atoms with Gasteiger partial charge >= 0.3 is 11.9 Å². The first-order valence-corrected chi connectivity index (χ1v) is 9.16.